The van der Waals surface area contributed by atoms with E-state index < -0.39 is 16.4 Å². The summed E-state index contributed by atoms with van der Waals surface area (Å²) in [4.78, 5) is 41.8. The summed E-state index contributed by atoms with van der Waals surface area (Å²) in [6.07, 6.45) is 2.94. The molecule has 4 rings (SSSR count). The lowest BCUT2D eigenvalue weighted by Crippen LogP contribution is -2.22. The molecule has 0 atom stereocenters. The molecule has 0 saturated heterocycles. The molecule has 0 fully saturated rings. The molecule has 0 aromatic carbocycles. The molecule has 0 radical (unpaired) electrons. The minimum absolute atomic E-state index is 0. The number of hydrogen-bond acceptors (Lipinski definition) is 7. The Balaban J connectivity index is 0.000000259. The summed E-state index contributed by atoms with van der Waals surface area (Å²) >= 11 is 36.7. The van der Waals surface area contributed by atoms with Crippen LogP contribution in [0.15, 0.2) is 34.1 Å². The summed E-state index contributed by atoms with van der Waals surface area (Å²) in [5.74, 6) is 0. The molecule has 4 heterocycles. The van der Waals surface area contributed by atoms with Crippen LogP contribution in [0.4, 0.5) is 0 Å². The van der Waals surface area contributed by atoms with Crippen LogP contribution in [0.25, 0.3) is 21.8 Å². The van der Waals surface area contributed by atoms with Crippen LogP contribution in [0.1, 0.15) is 7.43 Å². The van der Waals surface area contributed by atoms with E-state index in [-0.39, 0.29) is 33.7 Å². The Bertz CT molecular complexity index is 1400. The zero-order valence-corrected chi connectivity index (χ0v) is 20.6. The minimum Gasteiger partial charge on any atom is -0.304 e. The molecule has 0 aliphatic rings. The highest BCUT2D eigenvalue weighted by molar-refractivity contribution is 8.24. The Labute approximate surface area is 214 Å². The van der Waals surface area contributed by atoms with Gasteiger partial charge in [0.2, 0.25) is 5.28 Å². The molecule has 0 bridgehead atoms. The Morgan fingerprint density at radius 1 is 0.781 bits per heavy atom. The predicted octanol–water partition coefficient (Wildman–Crippen LogP) is 6.70. The third-order valence-corrected chi connectivity index (χ3v) is 4.13. The first-order chi connectivity index (χ1) is 14.4. The highest BCUT2D eigenvalue weighted by atomic mass is 36.0. The molecule has 32 heavy (non-hydrogen) atoms. The Kier molecular flexibility index (Phi) is 11.1. The summed E-state index contributed by atoms with van der Waals surface area (Å²) in [5.41, 5.74) is -0.331. The van der Waals surface area contributed by atoms with Gasteiger partial charge in [-0.3, -0.25) is 14.3 Å². The van der Waals surface area contributed by atoms with Gasteiger partial charge in [-0.25, -0.2) is 24.7 Å². The third-order valence-electron chi connectivity index (χ3n) is 3.11. The molecule has 0 spiro atoms. The number of hydrogen-bond donors (Lipinski definition) is 2. The van der Waals surface area contributed by atoms with Gasteiger partial charge in [-0.1, -0.05) is 42.2 Å². The van der Waals surface area contributed by atoms with Crippen molar-refractivity contribution in [2.24, 2.45) is 0 Å². The second-order valence-corrected chi connectivity index (χ2v) is 13.2. The summed E-state index contributed by atoms with van der Waals surface area (Å²) < 4.78 is 9.51. The van der Waals surface area contributed by atoms with Gasteiger partial charge < -0.3 is 4.98 Å². The van der Waals surface area contributed by atoms with Crippen molar-refractivity contribution < 1.29 is 4.57 Å². The van der Waals surface area contributed by atoms with Crippen LogP contribution in [0.2, 0.25) is 20.7 Å². The molecule has 0 saturated carbocycles. The number of halogens is 7. The third kappa shape index (κ3) is 8.65. The van der Waals surface area contributed by atoms with E-state index >= 15 is 0 Å². The quantitative estimate of drug-likeness (QED) is 0.0992. The van der Waals surface area contributed by atoms with Crippen LogP contribution >= 0.6 is 85.3 Å². The van der Waals surface area contributed by atoms with Gasteiger partial charge >= 0.3 is 10.9 Å². The highest BCUT2D eigenvalue weighted by Gasteiger charge is 2.07. The Morgan fingerprint density at radius 2 is 1.31 bits per heavy atom. The minimum atomic E-state index is -3.22. The van der Waals surface area contributed by atoms with E-state index in [1.807, 2.05) is 0 Å². The van der Waals surface area contributed by atoms with Crippen molar-refractivity contribution in [1.82, 2.24) is 29.9 Å². The molecule has 2 N–H and O–H groups in total. The number of nitrogens with zero attached hydrogens (tertiary/aromatic N) is 4. The van der Waals surface area contributed by atoms with Gasteiger partial charge in [-0.05, 0) is 57.5 Å². The maximum absolute atomic E-state index is 11.2. The summed E-state index contributed by atoms with van der Waals surface area (Å²) in [6.45, 7) is 0. The Morgan fingerprint density at radius 3 is 1.91 bits per heavy atom. The molecule has 17 heteroatoms. The molecule has 0 unspecified atom stereocenters. The maximum Gasteiger partial charge on any atom is 0.339 e. The number of fused-ring (bicyclic) bond motifs is 2. The smallest absolute Gasteiger partial charge is 0.304 e. The standard InChI is InChI=1S/C7H2Cl3N3.C7H4ClN3O2.CH4.Cl3OP/c8-5-3-1-2-11-6(9)4(3)12-7(10)13-5;8-5-4-3(1-2-9-5)6(12)11-7(13)10-4;;1-5(2,3)4/h1-2H;1-2H,(H2,10,11,12,13);1H4;. The molecule has 0 amide bonds. The highest BCUT2D eigenvalue weighted by Crippen LogP contribution is 2.61. The van der Waals surface area contributed by atoms with Crippen LogP contribution in [-0.2, 0) is 4.57 Å². The molecular weight excluding hydrogens is 591 g/mol. The second kappa shape index (κ2) is 12.3. The van der Waals surface area contributed by atoms with Crippen molar-refractivity contribution in [1.29, 1.82) is 0 Å². The van der Waals surface area contributed by atoms with Crippen molar-refractivity contribution in [3.8, 4) is 0 Å². The number of rotatable bonds is 0. The van der Waals surface area contributed by atoms with E-state index in [0.717, 1.165) is 0 Å². The van der Waals surface area contributed by atoms with Gasteiger partial charge in [0, 0.05) is 17.8 Å². The van der Waals surface area contributed by atoms with Crippen molar-refractivity contribution in [3.05, 3.63) is 66.1 Å². The number of aromatic nitrogens is 6. The van der Waals surface area contributed by atoms with Gasteiger partial charge in [0.1, 0.15) is 10.7 Å². The van der Waals surface area contributed by atoms with E-state index in [4.69, 9.17) is 46.4 Å². The largest absolute Gasteiger partial charge is 0.339 e. The van der Waals surface area contributed by atoms with Gasteiger partial charge in [0.05, 0.1) is 10.9 Å². The van der Waals surface area contributed by atoms with Crippen LogP contribution in [0.3, 0.4) is 0 Å². The summed E-state index contributed by atoms with van der Waals surface area (Å²) in [6, 6.07) is 3.16. The normalized spacial score (nSPS) is 10.5. The zero-order valence-electron chi connectivity index (χ0n) is 14.4. The number of pyridine rings is 2. The number of nitrogens with one attached hydrogen (secondary N) is 2. The van der Waals surface area contributed by atoms with E-state index in [2.05, 4.69) is 63.6 Å². The first kappa shape index (κ1) is 28.9. The fourth-order valence-corrected chi connectivity index (χ4v) is 2.87. The van der Waals surface area contributed by atoms with Gasteiger partial charge in [-0.2, -0.15) is 0 Å². The topological polar surface area (TPSA) is 134 Å². The summed E-state index contributed by atoms with van der Waals surface area (Å²) in [5, 5.41) is -1.54. The monoisotopic (exact) mass is 598 g/mol. The van der Waals surface area contributed by atoms with E-state index in [9.17, 15) is 14.2 Å². The van der Waals surface area contributed by atoms with Gasteiger partial charge in [0.15, 0.2) is 10.3 Å². The average molecular weight is 601 g/mol. The lowest BCUT2D eigenvalue weighted by molar-refractivity contribution is 0.600. The number of aromatic amines is 2. The van der Waals surface area contributed by atoms with Gasteiger partial charge in [-0.15, -0.1) is 0 Å². The van der Waals surface area contributed by atoms with Crippen molar-refractivity contribution in [2.75, 3.05) is 0 Å². The fraction of sp³-hybridized carbons (Fsp3) is 0.0667. The van der Waals surface area contributed by atoms with Crippen molar-refractivity contribution in [2.45, 2.75) is 7.43 Å². The molecule has 9 nitrogen and oxygen atoms in total. The van der Waals surface area contributed by atoms with E-state index in [1.54, 1.807) is 6.07 Å². The SMILES string of the molecule is C.Clc1nc(Cl)c2ccnc(Cl)c2n1.O=P(Cl)(Cl)Cl.O=c1[nH]c(=O)c2ccnc(Cl)c2[nH]1. The first-order valence-electron chi connectivity index (χ1n) is 7.46. The molecule has 4 aromatic heterocycles. The predicted molar refractivity (Wildman–Crippen MR) is 132 cm³/mol. The van der Waals surface area contributed by atoms with E-state index in [0.29, 0.717) is 16.3 Å². The van der Waals surface area contributed by atoms with Gasteiger partial charge in [0.25, 0.3) is 5.56 Å². The van der Waals surface area contributed by atoms with Crippen LogP contribution in [0, 0.1) is 0 Å². The van der Waals surface area contributed by atoms with Crippen molar-refractivity contribution >= 4 is 107 Å². The maximum atomic E-state index is 11.2. The molecule has 0 aliphatic heterocycles. The zero-order chi connectivity index (χ0) is 23.3. The van der Waals surface area contributed by atoms with Crippen molar-refractivity contribution in [3.63, 3.8) is 0 Å². The molecule has 172 valence electrons. The van der Waals surface area contributed by atoms with Crippen LogP contribution in [0.5, 0.6) is 0 Å². The molecule has 4 aromatic rings. The van der Waals surface area contributed by atoms with E-state index in [1.165, 1.54) is 18.5 Å². The van der Waals surface area contributed by atoms with Crippen LogP contribution < -0.4 is 11.2 Å². The Hall–Kier alpha value is -1.16. The first-order valence-corrected chi connectivity index (χ1v) is 13.4. The fourth-order valence-electron chi connectivity index (χ4n) is 2.02. The summed E-state index contributed by atoms with van der Waals surface area (Å²) in [7, 11) is 0. The van der Waals surface area contributed by atoms with Crippen LogP contribution in [-0.4, -0.2) is 29.9 Å². The average Bonchev–Trinajstić information content (AvgIpc) is 2.63. The second-order valence-electron chi connectivity index (χ2n) is 5.11. The molecule has 0 aliphatic carbocycles. The lowest BCUT2D eigenvalue weighted by atomic mass is 10.3. The lowest BCUT2D eigenvalue weighted by Gasteiger charge is -1.99. The number of H-pyrrole nitrogens is 2. The molecular formula is C15H10Cl7N6O3P.